The van der Waals surface area contributed by atoms with Crippen LogP contribution in [0, 0.1) is 0 Å². The van der Waals surface area contributed by atoms with Crippen LogP contribution in [-0.4, -0.2) is 78.1 Å². The van der Waals surface area contributed by atoms with Gasteiger partial charge in [0, 0.05) is 32.7 Å². The van der Waals surface area contributed by atoms with Gasteiger partial charge in [-0.3, -0.25) is 14.6 Å². The Kier molecular flexibility index (Phi) is 5.82. The number of hydrogen-bond donors (Lipinski definition) is 2. The Bertz CT molecular complexity index is 753. The van der Waals surface area contributed by atoms with Crippen molar-refractivity contribution in [3.63, 3.8) is 0 Å². The van der Waals surface area contributed by atoms with Crippen LogP contribution in [0.5, 0.6) is 0 Å². The second-order valence-corrected chi connectivity index (χ2v) is 8.49. The smallest absolute Gasteiger partial charge is 0.383 e. The highest BCUT2D eigenvalue weighted by Crippen LogP contribution is 2.39. The number of alkyl halides is 3. The van der Waals surface area contributed by atoms with Gasteiger partial charge in [-0.05, 0) is 18.4 Å². The molecule has 0 unspecified atom stereocenters. The molecule has 0 aromatic heterocycles. The minimum atomic E-state index is -4.25. The molecule has 0 radical (unpaired) electrons. The van der Waals surface area contributed by atoms with Crippen LogP contribution in [0.1, 0.15) is 31.2 Å². The third-order valence-corrected chi connectivity index (χ3v) is 6.92. The van der Waals surface area contributed by atoms with Gasteiger partial charge < -0.3 is 15.2 Å². The monoisotopic (exact) mass is 427 g/mol. The van der Waals surface area contributed by atoms with Crippen LogP contribution in [0.3, 0.4) is 0 Å². The molecule has 0 bridgehead atoms. The zero-order valence-corrected chi connectivity index (χ0v) is 16.8. The minimum Gasteiger partial charge on any atom is -0.383 e. The fourth-order valence-corrected chi connectivity index (χ4v) is 5.13. The van der Waals surface area contributed by atoms with E-state index in [0.717, 1.165) is 5.56 Å². The number of rotatable bonds is 4. The van der Waals surface area contributed by atoms with Crippen LogP contribution in [-0.2, 0) is 15.1 Å². The van der Waals surface area contributed by atoms with E-state index in [1.54, 1.807) is 4.90 Å². The standard InChI is InChI=1S/C21H28F3N3O3/c22-21(23,24)8-12-27-15-25-18(28)19(27)6-10-26(11-7-19)17-14-30-13-9-20(17,29)16-4-2-1-3-5-16/h1-5,17,29H,6-15H2,(H,25,28)/t17-,20+/m1/s1. The number of carbonyl (C=O) groups is 1. The Morgan fingerprint density at radius 1 is 1.17 bits per heavy atom. The molecule has 2 atom stereocenters. The van der Waals surface area contributed by atoms with E-state index in [-0.39, 0.29) is 25.2 Å². The van der Waals surface area contributed by atoms with Crippen LogP contribution in [0.2, 0.25) is 0 Å². The highest BCUT2D eigenvalue weighted by molar-refractivity contribution is 5.88. The summed E-state index contributed by atoms with van der Waals surface area (Å²) in [5.74, 6) is -0.192. The molecule has 3 fully saturated rings. The number of carbonyl (C=O) groups excluding carboxylic acids is 1. The molecule has 1 aromatic carbocycles. The molecule has 0 saturated carbocycles. The number of hydrogen-bond acceptors (Lipinski definition) is 5. The molecule has 9 heteroatoms. The molecule has 166 valence electrons. The fraction of sp³-hybridized carbons (Fsp3) is 0.667. The maximum absolute atomic E-state index is 12.7. The van der Waals surface area contributed by atoms with Crippen LogP contribution >= 0.6 is 0 Å². The first-order chi connectivity index (χ1) is 14.2. The van der Waals surface area contributed by atoms with Gasteiger partial charge in [-0.2, -0.15) is 13.2 Å². The lowest BCUT2D eigenvalue weighted by atomic mass is 9.79. The van der Waals surface area contributed by atoms with Crippen LogP contribution in [0.25, 0.3) is 0 Å². The largest absolute Gasteiger partial charge is 0.390 e. The van der Waals surface area contributed by atoms with E-state index >= 15 is 0 Å². The Balaban J connectivity index is 1.48. The van der Waals surface area contributed by atoms with Crippen molar-refractivity contribution >= 4 is 5.91 Å². The van der Waals surface area contributed by atoms with Gasteiger partial charge in [0.2, 0.25) is 5.91 Å². The fourth-order valence-electron chi connectivity index (χ4n) is 5.13. The Labute approximate surface area is 174 Å². The lowest BCUT2D eigenvalue weighted by molar-refractivity contribution is -0.154. The van der Waals surface area contributed by atoms with E-state index in [9.17, 15) is 23.1 Å². The van der Waals surface area contributed by atoms with Crippen molar-refractivity contribution in [2.45, 2.75) is 49.0 Å². The van der Waals surface area contributed by atoms with E-state index in [1.165, 1.54) is 0 Å². The van der Waals surface area contributed by atoms with Crippen molar-refractivity contribution in [3.05, 3.63) is 35.9 Å². The summed E-state index contributed by atoms with van der Waals surface area (Å²) in [5.41, 5.74) is -1.12. The molecule has 3 heterocycles. The molecule has 30 heavy (non-hydrogen) atoms. The lowest BCUT2D eigenvalue weighted by Gasteiger charge is -2.50. The van der Waals surface area contributed by atoms with Gasteiger partial charge in [-0.15, -0.1) is 0 Å². The Morgan fingerprint density at radius 2 is 1.87 bits per heavy atom. The summed E-state index contributed by atoms with van der Waals surface area (Å²) in [5, 5.41) is 14.3. The third kappa shape index (κ3) is 3.95. The molecule has 0 aliphatic carbocycles. The van der Waals surface area contributed by atoms with Crippen molar-refractivity contribution in [3.8, 4) is 0 Å². The number of halogens is 3. The molecule has 1 aromatic rings. The normalized spacial score (nSPS) is 30.5. The molecule has 6 nitrogen and oxygen atoms in total. The summed E-state index contributed by atoms with van der Waals surface area (Å²) < 4.78 is 43.9. The van der Waals surface area contributed by atoms with Gasteiger partial charge >= 0.3 is 6.18 Å². The van der Waals surface area contributed by atoms with Crippen molar-refractivity contribution in [1.29, 1.82) is 0 Å². The van der Waals surface area contributed by atoms with Gasteiger partial charge in [-0.1, -0.05) is 30.3 Å². The van der Waals surface area contributed by atoms with E-state index in [2.05, 4.69) is 10.2 Å². The van der Waals surface area contributed by atoms with E-state index in [4.69, 9.17) is 4.74 Å². The second kappa shape index (κ2) is 8.11. The molecular formula is C21H28F3N3O3. The molecule has 3 aliphatic heterocycles. The number of benzene rings is 1. The number of nitrogens with zero attached hydrogens (tertiary/aromatic N) is 2. The average Bonchev–Trinajstić information content (AvgIpc) is 3.03. The predicted octanol–water partition coefficient (Wildman–Crippen LogP) is 1.84. The number of nitrogens with one attached hydrogen (secondary N) is 1. The van der Waals surface area contributed by atoms with Crippen molar-refractivity contribution in [2.75, 3.05) is 39.5 Å². The number of amides is 1. The summed E-state index contributed by atoms with van der Waals surface area (Å²) in [4.78, 5) is 16.4. The first kappa shape index (κ1) is 21.5. The van der Waals surface area contributed by atoms with Crippen molar-refractivity contribution in [1.82, 2.24) is 15.1 Å². The number of likely N-dealkylation sites (tertiary alicyclic amines) is 1. The zero-order valence-electron chi connectivity index (χ0n) is 16.8. The molecule has 1 spiro atoms. The van der Waals surface area contributed by atoms with Crippen LogP contribution in [0.15, 0.2) is 30.3 Å². The highest BCUT2D eigenvalue weighted by Gasteiger charge is 2.53. The minimum absolute atomic E-state index is 0.148. The summed E-state index contributed by atoms with van der Waals surface area (Å²) in [7, 11) is 0. The van der Waals surface area contributed by atoms with E-state index in [1.807, 2.05) is 30.3 Å². The third-order valence-electron chi connectivity index (χ3n) is 6.92. The molecular weight excluding hydrogens is 399 g/mol. The predicted molar refractivity (Wildman–Crippen MR) is 103 cm³/mol. The van der Waals surface area contributed by atoms with Gasteiger partial charge in [0.05, 0.1) is 25.7 Å². The molecule has 2 N–H and O–H groups in total. The Morgan fingerprint density at radius 3 is 2.53 bits per heavy atom. The van der Waals surface area contributed by atoms with Crippen molar-refractivity contribution in [2.24, 2.45) is 0 Å². The number of ether oxygens (including phenoxy) is 1. The molecule has 3 saturated heterocycles. The van der Waals surface area contributed by atoms with Crippen LogP contribution in [0.4, 0.5) is 13.2 Å². The molecule has 1 amide bonds. The van der Waals surface area contributed by atoms with Gasteiger partial charge in [0.15, 0.2) is 0 Å². The summed E-state index contributed by atoms with van der Waals surface area (Å²) in [6.45, 7) is 1.83. The second-order valence-electron chi connectivity index (χ2n) is 8.49. The quantitative estimate of drug-likeness (QED) is 0.768. The van der Waals surface area contributed by atoms with Gasteiger partial charge in [0.1, 0.15) is 11.1 Å². The zero-order chi connectivity index (χ0) is 21.4. The summed E-state index contributed by atoms with van der Waals surface area (Å²) in [6, 6.07) is 9.25. The maximum atomic E-state index is 12.7. The van der Waals surface area contributed by atoms with Gasteiger partial charge in [-0.25, -0.2) is 0 Å². The molecule has 4 rings (SSSR count). The molecule has 3 aliphatic rings. The first-order valence-corrected chi connectivity index (χ1v) is 10.4. The van der Waals surface area contributed by atoms with E-state index in [0.29, 0.717) is 45.6 Å². The van der Waals surface area contributed by atoms with Gasteiger partial charge in [0.25, 0.3) is 0 Å². The number of piperidine rings is 1. The van der Waals surface area contributed by atoms with Crippen LogP contribution < -0.4 is 5.32 Å². The Hall–Kier alpha value is -1.68. The first-order valence-electron chi connectivity index (χ1n) is 10.4. The topological polar surface area (TPSA) is 65.0 Å². The van der Waals surface area contributed by atoms with E-state index < -0.39 is 23.7 Å². The SMILES string of the molecule is O=C1NCN(CCC(F)(F)F)C12CCN([C@@H]1COCC[C@]1(O)c1ccccc1)CC2. The average molecular weight is 427 g/mol. The van der Waals surface area contributed by atoms with Crippen molar-refractivity contribution < 1.29 is 27.8 Å². The maximum Gasteiger partial charge on any atom is 0.390 e. The number of aliphatic hydroxyl groups is 1. The summed E-state index contributed by atoms with van der Waals surface area (Å²) in [6.07, 6.45) is -3.85. The highest BCUT2D eigenvalue weighted by atomic mass is 19.4. The summed E-state index contributed by atoms with van der Waals surface area (Å²) >= 11 is 0. The lowest BCUT2D eigenvalue weighted by Crippen LogP contribution is -2.63.